The van der Waals surface area contributed by atoms with E-state index in [4.69, 9.17) is 0 Å². The van der Waals surface area contributed by atoms with Crippen LogP contribution in [0, 0.1) is 5.82 Å². The number of rotatable bonds is 3. The molecule has 1 aromatic rings. The fourth-order valence-corrected chi connectivity index (χ4v) is 2.10. The van der Waals surface area contributed by atoms with Crippen LogP contribution in [0.15, 0.2) is 18.2 Å². The van der Waals surface area contributed by atoms with Gasteiger partial charge in [0.25, 0.3) is 0 Å². The van der Waals surface area contributed by atoms with Crippen molar-refractivity contribution in [2.24, 2.45) is 0 Å². The lowest BCUT2D eigenvalue weighted by atomic mass is 10.0. The highest BCUT2D eigenvalue weighted by atomic mass is 28.4. The van der Waals surface area contributed by atoms with Gasteiger partial charge in [-0.3, -0.25) is 0 Å². The molecule has 0 fully saturated rings. The van der Waals surface area contributed by atoms with Crippen LogP contribution in [0.1, 0.15) is 19.4 Å². The van der Waals surface area contributed by atoms with Crippen molar-refractivity contribution in [2.45, 2.75) is 38.4 Å². The number of hydrogen-bond acceptors (Lipinski definition) is 2. The lowest BCUT2D eigenvalue weighted by Crippen LogP contribution is -2.40. The number of halogens is 1. The van der Waals surface area contributed by atoms with Crippen LogP contribution in [0.4, 0.5) is 4.39 Å². The molecule has 90 valence electrons. The highest BCUT2D eigenvalue weighted by Crippen LogP contribution is 2.39. The van der Waals surface area contributed by atoms with Crippen molar-refractivity contribution in [1.29, 1.82) is 0 Å². The van der Waals surface area contributed by atoms with Crippen LogP contribution < -0.4 is 0 Å². The first-order valence-electron chi connectivity index (χ1n) is 5.33. The molecule has 0 radical (unpaired) electrons. The van der Waals surface area contributed by atoms with E-state index in [1.54, 1.807) is 6.07 Å². The van der Waals surface area contributed by atoms with Gasteiger partial charge in [-0.2, -0.15) is 0 Å². The maximum Gasteiger partial charge on any atom is 0.188 e. The van der Waals surface area contributed by atoms with Gasteiger partial charge in [-0.1, -0.05) is 13.8 Å². The molecular weight excluding hydrogens is 223 g/mol. The van der Waals surface area contributed by atoms with Gasteiger partial charge in [0.15, 0.2) is 8.32 Å². The Morgan fingerprint density at radius 3 is 2.25 bits per heavy atom. The average Bonchev–Trinajstić information content (AvgIpc) is 1.97. The van der Waals surface area contributed by atoms with Gasteiger partial charge in [0.2, 0.25) is 0 Å². The van der Waals surface area contributed by atoms with Crippen molar-refractivity contribution < 1.29 is 14.3 Å². The topological polar surface area (TPSA) is 40.5 Å². The van der Waals surface area contributed by atoms with Gasteiger partial charge in [-0.05, 0) is 42.2 Å². The highest BCUT2D eigenvalue weighted by molar-refractivity contribution is 6.72. The van der Waals surface area contributed by atoms with Crippen LogP contribution in [0.3, 0.4) is 0 Å². The SMILES string of the molecule is CC(C)(Cc1cc(O)cc(F)c1)[Si](C)(C)O. The summed E-state index contributed by atoms with van der Waals surface area (Å²) < 4.78 is 13.1. The Morgan fingerprint density at radius 1 is 1.25 bits per heavy atom. The molecule has 4 heteroatoms. The van der Waals surface area contributed by atoms with Gasteiger partial charge in [0.05, 0.1) is 0 Å². The summed E-state index contributed by atoms with van der Waals surface area (Å²) in [4.78, 5) is 10.1. The monoisotopic (exact) mass is 242 g/mol. The molecule has 0 amide bonds. The van der Waals surface area contributed by atoms with Crippen molar-refractivity contribution in [3.8, 4) is 5.75 Å². The van der Waals surface area contributed by atoms with E-state index in [1.807, 2.05) is 26.9 Å². The zero-order valence-electron chi connectivity index (χ0n) is 10.2. The van der Waals surface area contributed by atoms with Gasteiger partial charge in [0, 0.05) is 6.07 Å². The zero-order valence-corrected chi connectivity index (χ0v) is 11.2. The molecule has 2 nitrogen and oxygen atoms in total. The van der Waals surface area contributed by atoms with Crippen LogP contribution >= 0.6 is 0 Å². The average molecular weight is 242 g/mol. The van der Waals surface area contributed by atoms with Crippen molar-refractivity contribution in [1.82, 2.24) is 0 Å². The fraction of sp³-hybridized carbons (Fsp3) is 0.500. The van der Waals surface area contributed by atoms with Gasteiger partial charge in [-0.15, -0.1) is 0 Å². The van der Waals surface area contributed by atoms with E-state index in [-0.39, 0.29) is 10.8 Å². The van der Waals surface area contributed by atoms with E-state index in [9.17, 15) is 14.3 Å². The summed E-state index contributed by atoms with van der Waals surface area (Å²) in [7, 11) is -2.31. The largest absolute Gasteiger partial charge is 0.508 e. The maximum absolute atomic E-state index is 13.1. The first-order chi connectivity index (χ1) is 7.12. The Kier molecular flexibility index (Phi) is 3.45. The quantitative estimate of drug-likeness (QED) is 0.800. The first kappa shape index (κ1) is 13.2. The summed E-state index contributed by atoms with van der Waals surface area (Å²) in [5.41, 5.74) is 0.720. The molecular formula is C12H19FO2Si. The molecule has 0 aliphatic carbocycles. The molecule has 0 bridgehead atoms. The number of phenols is 1. The van der Waals surface area contributed by atoms with Crippen molar-refractivity contribution in [3.63, 3.8) is 0 Å². The number of hydrogen-bond donors (Lipinski definition) is 2. The molecule has 0 saturated heterocycles. The molecule has 1 rings (SSSR count). The van der Waals surface area contributed by atoms with Crippen molar-refractivity contribution in [2.75, 3.05) is 0 Å². The molecule has 16 heavy (non-hydrogen) atoms. The first-order valence-corrected chi connectivity index (χ1v) is 8.27. The van der Waals surface area contributed by atoms with E-state index in [1.165, 1.54) is 6.07 Å². The number of benzene rings is 1. The summed E-state index contributed by atoms with van der Waals surface area (Å²) in [5, 5.41) is 9.05. The Bertz CT molecular complexity index is 363. The standard InChI is InChI=1S/C12H19FO2Si/c1-12(2,16(3,4)15)8-9-5-10(13)7-11(14)6-9/h5-7,14-15H,8H2,1-4H3. The number of aromatic hydroxyl groups is 1. The molecule has 2 N–H and O–H groups in total. The third-order valence-electron chi connectivity index (χ3n) is 3.24. The molecule has 0 aromatic heterocycles. The second-order valence-corrected chi connectivity index (χ2v) is 9.91. The molecule has 0 aliphatic heterocycles. The lowest BCUT2D eigenvalue weighted by Gasteiger charge is -2.35. The van der Waals surface area contributed by atoms with Gasteiger partial charge in [-0.25, -0.2) is 4.39 Å². The van der Waals surface area contributed by atoms with Gasteiger partial charge in [0.1, 0.15) is 11.6 Å². The van der Waals surface area contributed by atoms with Gasteiger partial charge < -0.3 is 9.90 Å². The zero-order chi connectivity index (χ0) is 12.6. The summed E-state index contributed by atoms with van der Waals surface area (Å²) in [6, 6.07) is 4.03. The van der Waals surface area contributed by atoms with Crippen LogP contribution in [0.25, 0.3) is 0 Å². The molecule has 0 saturated carbocycles. The molecule has 0 unspecified atom stereocenters. The summed E-state index contributed by atoms with van der Waals surface area (Å²) in [6.07, 6.45) is 0.564. The minimum atomic E-state index is -2.31. The summed E-state index contributed by atoms with van der Waals surface area (Å²) >= 11 is 0. The van der Waals surface area contributed by atoms with Crippen molar-refractivity contribution >= 4 is 8.32 Å². The molecule has 0 spiro atoms. The van der Waals surface area contributed by atoms with Crippen LogP contribution in [-0.4, -0.2) is 18.2 Å². The highest BCUT2D eigenvalue weighted by Gasteiger charge is 2.38. The molecule has 1 aromatic carbocycles. The Hall–Kier alpha value is -0.873. The second-order valence-electron chi connectivity index (χ2n) is 5.44. The predicted octanol–water partition coefficient (Wildman–Crippen LogP) is 3.05. The van der Waals surface area contributed by atoms with Crippen molar-refractivity contribution in [3.05, 3.63) is 29.6 Å². The second kappa shape index (κ2) is 4.18. The van der Waals surface area contributed by atoms with Crippen LogP contribution in [0.5, 0.6) is 5.75 Å². The third-order valence-corrected chi connectivity index (χ3v) is 6.73. The Labute approximate surface area is 96.9 Å². The van der Waals surface area contributed by atoms with E-state index >= 15 is 0 Å². The minimum absolute atomic E-state index is 0.0665. The van der Waals surface area contributed by atoms with Crippen LogP contribution in [0.2, 0.25) is 18.1 Å². The Balaban J connectivity index is 2.96. The van der Waals surface area contributed by atoms with E-state index < -0.39 is 14.1 Å². The lowest BCUT2D eigenvalue weighted by molar-refractivity contribution is 0.457. The minimum Gasteiger partial charge on any atom is -0.508 e. The van der Waals surface area contributed by atoms with E-state index in [0.717, 1.165) is 11.6 Å². The van der Waals surface area contributed by atoms with E-state index in [2.05, 4.69) is 0 Å². The molecule has 0 aliphatic rings. The number of phenolic OH excluding ortho intramolecular Hbond substituents is 1. The van der Waals surface area contributed by atoms with E-state index in [0.29, 0.717) is 6.42 Å². The summed E-state index contributed by atoms with van der Waals surface area (Å²) in [6.45, 7) is 7.68. The van der Waals surface area contributed by atoms with Crippen LogP contribution in [-0.2, 0) is 6.42 Å². The van der Waals surface area contributed by atoms with Gasteiger partial charge >= 0.3 is 0 Å². The molecule has 0 atom stereocenters. The summed E-state index contributed by atoms with van der Waals surface area (Å²) in [5.74, 6) is -0.508. The predicted molar refractivity (Wildman–Crippen MR) is 65.5 cm³/mol. The fourth-order valence-electron chi connectivity index (χ4n) is 1.46. The Morgan fingerprint density at radius 2 is 1.81 bits per heavy atom. The smallest absolute Gasteiger partial charge is 0.188 e. The maximum atomic E-state index is 13.1. The normalized spacial score (nSPS) is 12.9. The third kappa shape index (κ3) is 3.06. The molecule has 0 heterocycles.